The Balaban J connectivity index is 2.36. The Hall–Kier alpha value is -0.750. The lowest BCUT2D eigenvalue weighted by molar-refractivity contribution is 0.103. The number of halogens is 1. The zero-order chi connectivity index (χ0) is 10.8. The summed E-state index contributed by atoms with van der Waals surface area (Å²) in [6.07, 6.45) is 3.36. The van der Waals surface area contributed by atoms with E-state index >= 15 is 0 Å². The predicted molar refractivity (Wildman–Crippen MR) is 69.4 cm³/mol. The first-order valence-corrected chi connectivity index (χ1v) is 6.33. The number of aromatic nitrogens is 1. The topological polar surface area (TPSA) is 30.0 Å². The summed E-state index contributed by atoms with van der Waals surface area (Å²) in [4.78, 5) is 16.0. The van der Waals surface area contributed by atoms with Crippen LogP contribution in [0.15, 0.2) is 29.9 Å². The van der Waals surface area contributed by atoms with Crippen molar-refractivity contribution >= 4 is 39.7 Å². The van der Waals surface area contributed by atoms with Gasteiger partial charge in [-0.2, -0.15) is 0 Å². The van der Waals surface area contributed by atoms with E-state index in [0.29, 0.717) is 5.56 Å². The number of carbonyl (C=O) groups excluding carboxylic acids is 1. The molecule has 0 aromatic carbocycles. The monoisotopic (exact) mass is 329 g/mol. The van der Waals surface area contributed by atoms with Gasteiger partial charge in [-0.05, 0) is 47.2 Å². The van der Waals surface area contributed by atoms with Gasteiger partial charge in [-0.25, -0.2) is 0 Å². The van der Waals surface area contributed by atoms with Crippen LogP contribution in [0.3, 0.4) is 0 Å². The quantitative estimate of drug-likeness (QED) is 0.625. The first-order chi connectivity index (χ1) is 7.16. The largest absolute Gasteiger partial charge is 0.289 e. The fourth-order valence-electron chi connectivity index (χ4n) is 1.27. The van der Waals surface area contributed by atoms with Crippen molar-refractivity contribution in [2.75, 3.05) is 0 Å². The molecule has 2 rings (SSSR count). The van der Waals surface area contributed by atoms with Gasteiger partial charge in [-0.1, -0.05) is 0 Å². The van der Waals surface area contributed by atoms with Crippen LogP contribution >= 0.6 is 33.9 Å². The summed E-state index contributed by atoms with van der Waals surface area (Å²) in [5.74, 6) is 0.0466. The lowest BCUT2D eigenvalue weighted by Crippen LogP contribution is -2.00. The minimum absolute atomic E-state index is 0.0466. The highest BCUT2D eigenvalue weighted by atomic mass is 127. The van der Waals surface area contributed by atoms with E-state index in [0.717, 1.165) is 14.0 Å². The van der Waals surface area contributed by atoms with Gasteiger partial charge >= 0.3 is 0 Å². The number of rotatable bonds is 2. The Labute approximate surface area is 106 Å². The van der Waals surface area contributed by atoms with Gasteiger partial charge in [0.1, 0.15) is 0 Å². The number of ketones is 1. The molecule has 0 N–H and O–H groups in total. The Bertz CT molecular complexity index is 507. The number of thiophene rings is 1. The van der Waals surface area contributed by atoms with Crippen LogP contribution < -0.4 is 0 Å². The molecule has 0 aliphatic rings. The second kappa shape index (κ2) is 4.40. The smallest absolute Gasteiger partial charge is 0.195 e. The van der Waals surface area contributed by atoms with Crippen LogP contribution in [0.25, 0.3) is 0 Å². The molecule has 0 radical (unpaired) electrons. The van der Waals surface area contributed by atoms with Crippen LogP contribution in [0.4, 0.5) is 0 Å². The van der Waals surface area contributed by atoms with Crippen LogP contribution in [-0.2, 0) is 0 Å². The maximum atomic E-state index is 12.0. The van der Waals surface area contributed by atoms with E-state index < -0.39 is 0 Å². The van der Waals surface area contributed by atoms with E-state index in [1.165, 1.54) is 0 Å². The molecule has 2 aromatic rings. The third kappa shape index (κ3) is 2.43. The van der Waals surface area contributed by atoms with Crippen LogP contribution in [0, 0.1) is 9.81 Å². The Kier molecular flexibility index (Phi) is 3.16. The first kappa shape index (κ1) is 10.8. The molecule has 0 aliphatic carbocycles. The Morgan fingerprint density at radius 2 is 2.13 bits per heavy atom. The normalized spacial score (nSPS) is 10.3. The zero-order valence-corrected chi connectivity index (χ0v) is 11.0. The van der Waals surface area contributed by atoms with Crippen LogP contribution in [0.1, 0.15) is 21.5 Å². The van der Waals surface area contributed by atoms with E-state index in [-0.39, 0.29) is 5.78 Å². The minimum Gasteiger partial charge on any atom is -0.289 e. The molecule has 0 fully saturated rings. The van der Waals surface area contributed by atoms with Gasteiger partial charge in [0, 0.05) is 28.9 Å². The van der Waals surface area contributed by atoms with Crippen molar-refractivity contribution in [3.63, 3.8) is 0 Å². The summed E-state index contributed by atoms with van der Waals surface area (Å²) >= 11 is 3.79. The average molecular weight is 329 g/mol. The molecule has 2 heterocycles. The number of carbonyl (C=O) groups is 1. The molecule has 76 valence electrons. The fourth-order valence-corrected chi connectivity index (χ4v) is 2.60. The standard InChI is InChI=1S/C11H8INOS/c1-7-2-8(5-13-4-7)11(14)9-3-10(12)15-6-9/h2-6H,1H3. The maximum Gasteiger partial charge on any atom is 0.195 e. The third-order valence-electron chi connectivity index (χ3n) is 1.97. The summed E-state index contributed by atoms with van der Waals surface area (Å²) in [5.41, 5.74) is 2.41. The molecule has 0 saturated carbocycles. The molecule has 2 aromatic heterocycles. The molecular formula is C11H8INOS. The van der Waals surface area contributed by atoms with E-state index in [1.807, 2.05) is 24.4 Å². The molecule has 0 aliphatic heterocycles. The number of nitrogens with zero attached hydrogens (tertiary/aromatic N) is 1. The van der Waals surface area contributed by atoms with Gasteiger partial charge in [-0.3, -0.25) is 9.78 Å². The van der Waals surface area contributed by atoms with Crippen molar-refractivity contribution in [1.82, 2.24) is 4.98 Å². The minimum atomic E-state index is 0.0466. The van der Waals surface area contributed by atoms with Gasteiger partial charge in [0.05, 0.1) is 2.88 Å². The van der Waals surface area contributed by atoms with Crippen LogP contribution in [0.2, 0.25) is 0 Å². The van der Waals surface area contributed by atoms with Crippen molar-refractivity contribution in [3.05, 3.63) is 49.5 Å². The van der Waals surface area contributed by atoms with Crippen molar-refractivity contribution in [2.45, 2.75) is 6.92 Å². The average Bonchev–Trinajstić information content (AvgIpc) is 2.64. The summed E-state index contributed by atoms with van der Waals surface area (Å²) in [5, 5.41) is 1.88. The number of aryl methyl sites for hydroxylation is 1. The van der Waals surface area contributed by atoms with Crippen molar-refractivity contribution < 1.29 is 4.79 Å². The van der Waals surface area contributed by atoms with Gasteiger partial charge < -0.3 is 0 Å². The molecule has 0 bridgehead atoms. The molecule has 15 heavy (non-hydrogen) atoms. The van der Waals surface area contributed by atoms with Gasteiger partial charge in [0.15, 0.2) is 5.78 Å². The molecule has 0 unspecified atom stereocenters. The zero-order valence-electron chi connectivity index (χ0n) is 8.03. The van der Waals surface area contributed by atoms with Gasteiger partial charge in [-0.15, -0.1) is 11.3 Å². The summed E-state index contributed by atoms with van der Waals surface area (Å²) in [7, 11) is 0. The van der Waals surface area contributed by atoms with E-state index in [9.17, 15) is 4.79 Å². The summed E-state index contributed by atoms with van der Waals surface area (Å²) < 4.78 is 1.12. The Morgan fingerprint density at radius 3 is 2.73 bits per heavy atom. The van der Waals surface area contributed by atoms with Gasteiger partial charge in [0.2, 0.25) is 0 Å². The molecular weight excluding hydrogens is 321 g/mol. The molecule has 0 atom stereocenters. The molecule has 0 amide bonds. The van der Waals surface area contributed by atoms with E-state index in [4.69, 9.17) is 0 Å². The highest BCUT2D eigenvalue weighted by molar-refractivity contribution is 14.1. The van der Waals surface area contributed by atoms with Crippen molar-refractivity contribution in [2.24, 2.45) is 0 Å². The molecule has 4 heteroatoms. The van der Waals surface area contributed by atoms with E-state index in [1.54, 1.807) is 23.7 Å². The second-order valence-electron chi connectivity index (χ2n) is 3.22. The molecule has 0 saturated heterocycles. The molecule has 2 nitrogen and oxygen atoms in total. The highest BCUT2D eigenvalue weighted by Crippen LogP contribution is 2.19. The third-order valence-corrected chi connectivity index (χ3v) is 3.76. The van der Waals surface area contributed by atoms with Gasteiger partial charge in [0.25, 0.3) is 0 Å². The van der Waals surface area contributed by atoms with Crippen molar-refractivity contribution in [1.29, 1.82) is 0 Å². The number of pyridine rings is 1. The number of hydrogen-bond acceptors (Lipinski definition) is 3. The first-order valence-electron chi connectivity index (χ1n) is 4.37. The maximum absolute atomic E-state index is 12.0. The highest BCUT2D eigenvalue weighted by Gasteiger charge is 2.10. The predicted octanol–water partition coefficient (Wildman–Crippen LogP) is 3.29. The number of hydrogen-bond donors (Lipinski definition) is 0. The summed E-state index contributed by atoms with van der Waals surface area (Å²) in [6.45, 7) is 1.93. The fraction of sp³-hybridized carbons (Fsp3) is 0.0909. The SMILES string of the molecule is Cc1cncc(C(=O)c2csc(I)c2)c1. The summed E-state index contributed by atoms with van der Waals surface area (Å²) in [6, 6.07) is 3.76. The molecule has 0 spiro atoms. The van der Waals surface area contributed by atoms with E-state index in [2.05, 4.69) is 27.6 Å². The Morgan fingerprint density at radius 1 is 1.33 bits per heavy atom. The van der Waals surface area contributed by atoms with Crippen molar-refractivity contribution in [3.8, 4) is 0 Å². The second-order valence-corrected chi connectivity index (χ2v) is 6.03. The lowest BCUT2D eigenvalue weighted by atomic mass is 10.1. The van der Waals surface area contributed by atoms with Crippen LogP contribution in [0.5, 0.6) is 0 Å². The van der Waals surface area contributed by atoms with Crippen LogP contribution in [-0.4, -0.2) is 10.8 Å². The lowest BCUT2D eigenvalue weighted by Gasteiger charge is -1.98.